The fraction of sp³-hybridized carbons (Fsp3) is 0.533. The Balaban J connectivity index is 2.63. The van der Waals surface area contributed by atoms with Crippen molar-refractivity contribution in [3.05, 3.63) is 28.8 Å². The highest BCUT2D eigenvalue weighted by Crippen LogP contribution is 2.28. The third kappa shape index (κ3) is 5.02. The van der Waals surface area contributed by atoms with Crippen LogP contribution in [0.15, 0.2) is 18.2 Å². The van der Waals surface area contributed by atoms with Crippen molar-refractivity contribution in [1.29, 1.82) is 0 Å². The summed E-state index contributed by atoms with van der Waals surface area (Å²) in [6, 6.07) is 5.14. The average molecular weight is 300 g/mol. The van der Waals surface area contributed by atoms with Gasteiger partial charge in [-0.05, 0) is 38.0 Å². The van der Waals surface area contributed by atoms with Gasteiger partial charge >= 0.3 is 0 Å². The minimum Gasteiger partial charge on any atom is -0.483 e. The van der Waals surface area contributed by atoms with Crippen LogP contribution in [0.5, 0.6) is 5.75 Å². The molecular formula is C15H22ClNO3. The summed E-state index contributed by atoms with van der Waals surface area (Å²) in [5.74, 6) is 0.314. The zero-order chi connectivity index (χ0) is 15.1. The van der Waals surface area contributed by atoms with Crippen LogP contribution in [-0.2, 0) is 4.79 Å². The van der Waals surface area contributed by atoms with E-state index in [4.69, 9.17) is 16.3 Å². The summed E-state index contributed by atoms with van der Waals surface area (Å²) >= 11 is 5.88. The van der Waals surface area contributed by atoms with Crippen LogP contribution in [0.25, 0.3) is 0 Å². The molecule has 1 atom stereocenters. The first-order chi connectivity index (χ1) is 9.47. The lowest BCUT2D eigenvalue weighted by atomic mass is 10.1. The van der Waals surface area contributed by atoms with Gasteiger partial charge in [-0.3, -0.25) is 4.79 Å². The number of carbonyl (C=O) groups is 1. The minimum absolute atomic E-state index is 0.0716. The molecule has 0 aliphatic carbocycles. The Bertz CT molecular complexity index is 445. The summed E-state index contributed by atoms with van der Waals surface area (Å²) in [5, 5.41) is 13.1. The van der Waals surface area contributed by atoms with Gasteiger partial charge < -0.3 is 15.2 Å². The van der Waals surface area contributed by atoms with E-state index < -0.39 is 6.10 Å². The molecule has 0 heterocycles. The van der Waals surface area contributed by atoms with E-state index in [1.54, 1.807) is 25.1 Å². The molecule has 1 aromatic carbocycles. The van der Waals surface area contributed by atoms with E-state index in [-0.39, 0.29) is 18.6 Å². The fourth-order valence-electron chi connectivity index (χ4n) is 1.88. The van der Waals surface area contributed by atoms with Crippen LogP contribution in [0.1, 0.15) is 45.3 Å². The van der Waals surface area contributed by atoms with Gasteiger partial charge in [-0.25, -0.2) is 0 Å². The Morgan fingerprint density at radius 3 is 2.60 bits per heavy atom. The van der Waals surface area contributed by atoms with Gasteiger partial charge in [0.15, 0.2) is 6.61 Å². The molecule has 0 fully saturated rings. The van der Waals surface area contributed by atoms with Crippen LogP contribution >= 0.6 is 11.6 Å². The molecule has 0 unspecified atom stereocenters. The quantitative estimate of drug-likeness (QED) is 0.813. The van der Waals surface area contributed by atoms with Gasteiger partial charge in [0.25, 0.3) is 5.91 Å². The molecule has 0 aromatic heterocycles. The summed E-state index contributed by atoms with van der Waals surface area (Å²) in [6.07, 6.45) is 1.08. The van der Waals surface area contributed by atoms with Crippen LogP contribution in [0.4, 0.5) is 0 Å². The van der Waals surface area contributed by atoms with Gasteiger partial charge in [0.2, 0.25) is 0 Å². The lowest BCUT2D eigenvalue weighted by molar-refractivity contribution is -0.123. The minimum atomic E-state index is -0.703. The Hall–Kier alpha value is -1.26. The molecule has 0 aliphatic rings. The summed E-state index contributed by atoms with van der Waals surface area (Å²) < 4.78 is 5.47. The second-order valence-corrected chi connectivity index (χ2v) is 5.16. The van der Waals surface area contributed by atoms with Crippen LogP contribution in [0.3, 0.4) is 0 Å². The molecule has 0 bridgehead atoms. The molecule has 1 amide bonds. The highest BCUT2D eigenvalue weighted by Gasteiger charge is 2.13. The van der Waals surface area contributed by atoms with Crippen LogP contribution in [-0.4, -0.2) is 23.7 Å². The zero-order valence-corrected chi connectivity index (χ0v) is 12.9. The average Bonchev–Trinajstić information content (AvgIpc) is 2.43. The molecule has 5 heteroatoms. The summed E-state index contributed by atoms with van der Waals surface area (Å²) in [4.78, 5) is 11.8. The largest absolute Gasteiger partial charge is 0.483 e. The van der Waals surface area contributed by atoms with Crippen LogP contribution < -0.4 is 10.1 Å². The van der Waals surface area contributed by atoms with Gasteiger partial charge in [-0.15, -0.1) is 0 Å². The highest BCUT2D eigenvalue weighted by molar-refractivity contribution is 6.30. The van der Waals surface area contributed by atoms with E-state index in [9.17, 15) is 9.90 Å². The van der Waals surface area contributed by atoms with Crippen molar-refractivity contribution in [3.8, 4) is 5.75 Å². The fourth-order valence-corrected chi connectivity index (χ4v) is 2.06. The third-order valence-corrected chi connectivity index (χ3v) is 3.37. The SMILES string of the molecule is CCC(CC)NC(=O)COc1ccc(Cl)cc1[C@H](C)O. The predicted molar refractivity (Wildman–Crippen MR) is 80.1 cm³/mol. The van der Waals surface area contributed by atoms with E-state index >= 15 is 0 Å². The Morgan fingerprint density at radius 1 is 1.40 bits per heavy atom. The summed E-state index contributed by atoms with van der Waals surface area (Å²) in [6.45, 7) is 5.61. The number of benzene rings is 1. The van der Waals surface area contributed by atoms with Gasteiger partial charge in [0.05, 0.1) is 6.10 Å². The Morgan fingerprint density at radius 2 is 2.05 bits per heavy atom. The number of hydrogen-bond donors (Lipinski definition) is 2. The molecule has 1 rings (SSSR count). The van der Waals surface area contributed by atoms with Crippen molar-refractivity contribution in [1.82, 2.24) is 5.32 Å². The van der Waals surface area contributed by atoms with Crippen LogP contribution in [0.2, 0.25) is 5.02 Å². The number of carbonyl (C=O) groups excluding carboxylic acids is 1. The van der Waals surface area contributed by atoms with E-state index in [1.807, 2.05) is 13.8 Å². The van der Waals surface area contributed by atoms with Gasteiger partial charge in [0, 0.05) is 16.6 Å². The summed E-state index contributed by atoms with van der Waals surface area (Å²) in [5.41, 5.74) is 0.577. The lowest BCUT2D eigenvalue weighted by Gasteiger charge is -2.17. The number of amides is 1. The second-order valence-electron chi connectivity index (χ2n) is 4.73. The Labute approximate surface area is 125 Å². The molecule has 20 heavy (non-hydrogen) atoms. The van der Waals surface area contributed by atoms with E-state index in [2.05, 4.69) is 5.32 Å². The maximum absolute atomic E-state index is 11.8. The molecule has 0 radical (unpaired) electrons. The monoisotopic (exact) mass is 299 g/mol. The van der Waals surface area contributed by atoms with Gasteiger partial charge in [-0.1, -0.05) is 25.4 Å². The standard InChI is InChI=1S/C15H22ClNO3/c1-4-12(5-2)17-15(19)9-20-14-7-6-11(16)8-13(14)10(3)18/h6-8,10,12,18H,4-5,9H2,1-3H3,(H,17,19)/t10-/m0/s1. The first kappa shape index (κ1) is 16.8. The summed E-state index contributed by atoms with van der Waals surface area (Å²) in [7, 11) is 0. The molecule has 0 saturated carbocycles. The number of hydrogen-bond acceptors (Lipinski definition) is 3. The van der Waals surface area contributed by atoms with E-state index in [1.165, 1.54) is 0 Å². The highest BCUT2D eigenvalue weighted by atomic mass is 35.5. The molecule has 0 aliphatic heterocycles. The van der Waals surface area contributed by atoms with Crippen molar-refractivity contribution in [2.75, 3.05) is 6.61 Å². The first-order valence-corrected chi connectivity index (χ1v) is 7.25. The van der Waals surface area contributed by atoms with E-state index in [0.717, 1.165) is 12.8 Å². The number of aliphatic hydroxyl groups is 1. The molecule has 0 saturated heterocycles. The van der Waals surface area contributed by atoms with Crippen LogP contribution in [0, 0.1) is 0 Å². The Kier molecular flexibility index (Phi) is 6.82. The number of ether oxygens (including phenoxy) is 1. The molecular weight excluding hydrogens is 278 g/mol. The number of nitrogens with one attached hydrogen (secondary N) is 1. The third-order valence-electron chi connectivity index (χ3n) is 3.13. The number of rotatable bonds is 7. The van der Waals surface area contributed by atoms with Crippen molar-refractivity contribution >= 4 is 17.5 Å². The molecule has 1 aromatic rings. The first-order valence-electron chi connectivity index (χ1n) is 6.87. The van der Waals surface area contributed by atoms with Crippen molar-refractivity contribution in [2.45, 2.75) is 45.8 Å². The topological polar surface area (TPSA) is 58.6 Å². The smallest absolute Gasteiger partial charge is 0.258 e. The predicted octanol–water partition coefficient (Wildman–Crippen LogP) is 3.08. The van der Waals surface area contributed by atoms with Gasteiger partial charge in [0.1, 0.15) is 5.75 Å². The normalized spacial score (nSPS) is 12.3. The maximum atomic E-state index is 11.8. The number of halogens is 1. The van der Waals surface area contributed by atoms with E-state index in [0.29, 0.717) is 16.3 Å². The second kappa shape index (κ2) is 8.12. The maximum Gasteiger partial charge on any atom is 0.258 e. The number of aliphatic hydroxyl groups excluding tert-OH is 1. The zero-order valence-electron chi connectivity index (χ0n) is 12.1. The van der Waals surface area contributed by atoms with Crippen molar-refractivity contribution in [3.63, 3.8) is 0 Å². The van der Waals surface area contributed by atoms with Crippen molar-refractivity contribution < 1.29 is 14.6 Å². The lowest BCUT2D eigenvalue weighted by Crippen LogP contribution is -2.37. The molecule has 4 nitrogen and oxygen atoms in total. The molecule has 0 spiro atoms. The molecule has 2 N–H and O–H groups in total. The molecule has 112 valence electrons. The van der Waals surface area contributed by atoms with Gasteiger partial charge in [-0.2, -0.15) is 0 Å². The van der Waals surface area contributed by atoms with Crippen molar-refractivity contribution in [2.24, 2.45) is 0 Å².